The van der Waals surface area contributed by atoms with E-state index in [9.17, 15) is 0 Å². The largest absolute Gasteiger partial charge is 0.330 e. The van der Waals surface area contributed by atoms with E-state index in [-0.39, 0.29) is 0 Å². The third-order valence-corrected chi connectivity index (χ3v) is 4.20. The fraction of sp³-hybridized carbons (Fsp3) is 0.769. The Bertz CT molecular complexity index is 344. The zero-order valence-corrected chi connectivity index (χ0v) is 11.7. The van der Waals surface area contributed by atoms with E-state index >= 15 is 0 Å². The minimum absolute atomic E-state index is 0.607. The first-order valence-electron chi connectivity index (χ1n) is 6.56. The molecule has 0 aliphatic heterocycles. The van der Waals surface area contributed by atoms with Gasteiger partial charge in [-0.05, 0) is 39.2 Å². The summed E-state index contributed by atoms with van der Waals surface area (Å²) in [7, 11) is 0. The molecule has 1 saturated carbocycles. The first-order valence-corrected chi connectivity index (χ1v) is 7.44. The molecule has 0 radical (unpaired) electrons. The molecule has 3 nitrogen and oxygen atoms in total. The zero-order valence-electron chi connectivity index (χ0n) is 10.9. The van der Waals surface area contributed by atoms with Gasteiger partial charge in [0.1, 0.15) is 0 Å². The van der Waals surface area contributed by atoms with E-state index in [2.05, 4.69) is 29.1 Å². The van der Waals surface area contributed by atoms with Crippen LogP contribution >= 0.6 is 11.3 Å². The van der Waals surface area contributed by atoms with Gasteiger partial charge in [0.25, 0.3) is 0 Å². The molecule has 1 heterocycles. The second-order valence-electron chi connectivity index (χ2n) is 5.24. The van der Waals surface area contributed by atoms with Gasteiger partial charge in [-0.25, -0.2) is 4.98 Å². The van der Waals surface area contributed by atoms with Gasteiger partial charge >= 0.3 is 0 Å². The molecule has 0 amide bonds. The quantitative estimate of drug-likeness (QED) is 0.810. The number of thiazole rings is 1. The van der Waals surface area contributed by atoms with Gasteiger partial charge in [0.15, 0.2) is 0 Å². The molecule has 2 N–H and O–H groups in total. The van der Waals surface area contributed by atoms with Crippen molar-refractivity contribution < 1.29 is 0 Å². The van der Waals surface area contributed by atoms with Gasteiger partial charge in [0.2, 0.25) is 0 Å². The highest BCUT2D eigenvalue weighted by atomic mass is 32.1. The normalized spacial score (nSPS) is 16.1. The Morgan fingerprint density at radius 3 is 2.88 bits per heavy atom. The Labute approximate surface area is 108 Å². The maximum absolute atomic E-state index is 5.55. The van der Waals surface area contributed by atoms with E-state index in [0.29, 0.717) is 12.6 Å². The van der Waals surface area contributed by atoms with Crippen molar-refractivity contribution in [1.82, 2.24) is 9.88 Å². The summed E-state index contributed by atoms with van der Waals surface area (Å²) < 4.78 is 0. The second-order valence-corrected chi connectivity index (χ2v) is 6.18. The van der Waals surface area contributed by atoms with Crippen LogP contribution in [-0.2, 0) is 13.0 Å². The first-order chi connectivity index (χ1) is 8.19. The third kappa shape index (κ3) is 4.05. The van der Waals surface area contributed by atoms with E-state index in [4.69, 9.17) is 5.73 Å². The lowest BCUT2D eigenvalue weighted by molar-refractivity contribution is 0.201. The molecule has 0 spiro atoms. The van der Waals surface area contributed by atoms with Crippen LogP contribution < -0.4 is 5.73 Å². The van der Waals surface area contributed by atoms with Gasteiger partial charge < -0.3 is 5.73 Å². The van der Waals surface area contributed by atoms with Crippen molar-refractivity contribution in [2.24, 2.45) is 11.7 Å². The fourth-order valence-electron chi connectivity index (χ4n) is 1.96. The first kappa shape index (κ1) is 13.0. The van der Waals surface area contributed by atoms with Gasteiger partial charge in [0.05, 0.1) is 10.7 Å². The lowest BCUT2D eigenvalue weighted by Crippen LogP contribution is -2.32. The van der Waals surface area contributed by atoms with Crippen molar-refractivity contribution in [3.8, 4) is 0 Å². The molecule has 0 bridgehead atoms. The topological polar surface area (TPSA) is 42.1 Å². The highest BCUT2D eigenvalue weighted by Crippen LogP contribution is 2.30. The van der Waals surface area contributed by atoms with Crippen LogP contribution in [0.3, 0.4) is 0 Å². The van der Waals surface area contributed by atoms with E-state index in [1.54, 1.807) is 11.3 Å². The standard InChI is InChI=1S/C13H23N3S/c1-10(2)16(7-11-3-4-11)8-12-9-17-13(15-12)5-6-14/h9-11H,3-8,14H2,1-2H3. The molecule has 1 aromatic rings. The Balaban J connectivity index is 1.90. The Morgan fingerprint density at radius 2 is 2.29 bits per heavy atom. The minimum Gasteiger partial charge on any atom is -0.330 e. The summed E-state index contributed by atoms with van der Waals surface area (Å²) in [4.78, 5) is 7.19. The Kier molecular flexibility index (Phi) is 4.54. The SMILES string of the molecule is CC(C)N(Cc1csc(CCN)n1)CC1CC1. The summed E-state index contributed by atoms with van der Waals surface area (Å²) in [6.07, 6.45) is 3.74. The van der Waals surface area contributed by atoms with Crippen LogP contribution in [0.2, 0.25) is 0 Å². The molecular weight excluding hydrogens is 230 g/mol. The summed E-state index contributed by atoms with van der Waals surface area (Å²) >= 11 is 1.74. The third-order valence-electron chi connectivity index (χ3n) is 3.24. The van der Waals surface area contributed by atoms with Crippen molar-refractivity contribution in [3.05, 3.63) is 16.1 Å². The van der Waals surface area contributed by atoms with Crippen molar-refractivity contribution in [3.63, 3.8) is 0 Å². The number of hydrogen-bond donors (Lipinski definition) is 1. The maximum Gasteiger partial charge on any atom is 0.0941 e. The number of nitrogens with zero attached hydrogens (tertiary/aromatic N) is 2. The Morgan fingerprint density at radius 1 is 1.53 bits per heavy atom. The van der Waals surface area contributed by atoms with Crippen molar-refractivity contribution in [2.45, 2.75) is 45.7 Å². The molecule has 0 unspecified atom stereocenters. The summed E-state index contributed by atoms with van der Waals surface area (Å²) in [5.41, 5.74) is 6.77. The average Bonchev–Trinajstić information content (AvgIpc) is 2.99. The molecule has 4 heteroatoms. The summed E-state index contributed by atoms with van der Waals surface area (Å²) in [6, 6.07) is 0.607. The summed E-state index contributed by atoms with van der Waals surface area (Å²) in [5, 5.41) is 3.37. The van der Waals surface area contributed by atoms with Crippen LogP contribution in [0.15, 0.2) is 5.38 Å². The van der Waals surface area contributed by atoms with Crippen LogP contribution in [0.5, 0.6) is 0 Å². The monoisotopic (exact) mass is 253 g/mol. The predicted octanol–water partition coefficient (Wildman–Crippen LogP) is 2.26. The van der Waals surface area contributed by atoms with Gasteiger partial charge in [-0.3, -0.25) is 4.90 Å². The number of nitrogens with two attached hydrogens (primary N) is 1. The minimum atomic E-state index is 0.607. The van der Waals surface area contributed by atoms with Crippen LogP contribution in [-0.4, -0.2) is 29.0 Å². The molecule has 1 aliphatic carbocycles. The van der Waals surface area contributed by atoms with Gasteiger partial charge in [-0.1, -0.05) is 0 Å². The van der Waals surface area contributed by atoms with Gasteiger partial charge in [-0.15, -0.1) is 11.3 Å². The molecule has 96 valence electrons. The van der Waals surface area contributed by atoms with E-state index in [1.165, 1.54) is 30.1 Å². The number of hydrogen-bond acceptors (Lipinski definition) is 4. The van der Waals surface area contributed by atoms with E-state index < -0.39 is 0 Å². The fourth-order valence-corrected chi connectivity index (χ4v) is 2.76. The van der Waals surface area contributed by atoms with Crippen LogP contribution in [0.25, 0.3) is 0 Å². The lowest BCUT2D eigenvalue weighted by Gasteiger charge is -2.25. The highest BCUT2D eigenvalue weighted by Gasteiger charge is 2.25. The van der Waals surface area contributed by atoms with Crippen molar-refractivity contribution in [2.75, 3.05) is 13.1 Å². The summed E-state index contributed by atoms with van der Waals surface area (Å²) in [5.74, 6) is 0.944. The molecule has 2 rings (SSSR count). The lowest BCUT2D eigenvalue weighted by atomic mass is 10.2. The molecule has 1 aromatic heterocycles. The number of aromatic nitrogens is 1. The molecule has 1 fully saturated rings. The molecule has 17 heavy (non-hydrogen) atoms. The molecule has 0 atom stereocenters. The average molecular weight is 253 g/mol. The predicted molar refractivity (Wildman–Crippen MR) is 73.1 cm³/mol. The van der Waals surface area contributed by atoms with E-state index in [0.717, 1.165) is 18.9 Å². The van der Waals surface area contributed by atoms with Crippen molar-refractivity contribution in [1.29, 1.82) is 0 Å². The smallest absolute Gasteiger partial charge is 0.0941 e. The second kappa shape index (κ2) is 5.94. The molecular formula is C13H23N3S. The Hall–Kier alpha value is -0.450. The maximum atomic E-state index is 5.55. The zero-order chi connectivity index (χ0) is 12.3. The van der Waals surface area contributed by atoms with Crippen LogP contribution in [0.1, 0.15) is 37.4 Å². The molecule has 1 aliphatic rings. The molecule has 0 saturated heterocycles. The van der Waals surface area contributed by atoms with Crippen molar-refractivity contribution >= 4 is 11.3 Å². The van der Waals surface area contributed by atoms with Crippen LogP contribution in [0, 0.1) is 5.92 Å². The van der Waals surface area contributed by atoms with Gasteiger partial charge in [0, 0.05) is 30.9 Å². The van der Waals surface area contributed by atoms with Crippen LogP contribution in [0.4, 0.5) is 0 Å². The highest BCUT2D eigenvalue weighted by molar-refractivity contribution is 7.09. The van der Waals surface area contributed by atoms with E-state index in [1.807, 2.05) is 0 Å². The van der Waals surface area contributed by atoms with Gasteiger partial charge in [-0.2, -0.15) is 0 Å². The molecule has 0 aromatic carbocycles. The number of rotatable bonds is 7. The summed E-state index contributed by atoms with van der Waals surface area (Å²) in [6.45, 7) is 7.48.